The van der Waals surface area contributed by atoms with E-state index in [-0.39, 0.29) is 34.5 Å². The van der Waals surface area contributed by atoms with Gasteiger partial charge in [-0.15, -0.1) is 0 Å². The number of hydrogen-bond donors (Lipinski definition) is 2. The number of benzene rings is 2. The van der Waals surface area contributed by atoms with Crippen molar-refractivity contribution >= 4 is 39.2 Å². The fraction of sp³-hybridized carbons (Fsp3) is 0.385. The second-order valence-electron chi connectivity index (χ2n) is 9.66. The molecule has 1 aromatic heterocycles. The Morgan fingerprint density at radius 2 is 1.88 bits per heavy atom. The maximum absolute atomic E-state index is 13.3. The van der Waals surface area contributed by atoms with Gasteiger partial charge in [-0.25, -0.2) is 4.68 Å². The maximum atomic E-state index is 13.3. The molecule has 0 spiro atoms. The van der Waals surface area contributed by atoms with Gasteiger partial charge in [0.15, 0.2) is 5.69 Å². The minimum Gasteiger partial charge on any atom is -0.382 e. The molecular weight excluding hydrogens is 592 g/mol. The fourth-order valence-corrected chi connectivity index (χ4v) is 6.05. The van der Waals surface area contributed by atoms with Crippen LogP contribution in [0.4, 0.5) is 13.2 Å². The van der Waals surface area contributed by atoms with Crippen LogP contribution in [0, 0.1) is 6.92 Å². The third kappa shape index (κ3) is 7.48. The minimum atomic E-state index is -4.63. The molecule has 3 aromatic rings. The van der Waals surface area contributed by atoms with Crippen LogP contribution in [-0.2, 0) is 10.1 Å². The second-order valence-corrected chi connectivity index (χ2v) is 12.2. The predicted molar refractivity (Wildman–Crippen MR) is 147 cm³/mol. The molecular formula is C26H27Cl2F3N4O4S. The average Bonchev–Trinajstić information content (AvgIpc) is 3.19. The van der Waals surface area contributed by atoms with Gasteiger partial charge in [0.05, 0.1) is 28.6 Å². The highest BCUT2D eigenvalue weighted by Crippen LogP contribution is 2.34. The van der Waals surface area contributed by atoms with Gasteiger partial charge < -0.3 is 15.2 Å². The van der Waals surface area contributed by atoms with Gasteiger partial charge in [-0.05, 0) is 75.1 Å². The van der Waals surface area contributed by atoms with Crippen LogP contribution in [0.1, 0.15) is 48.2 Å². The Morgan fingerprint density at radius 3 is 2.50 bits per heavy atom. The summed E-state index contributed by atoms with van der Waals surface area (Å²) >= 11 is 12.5. The largest absolute Gasteiger partial charge is 0.390 e. The lowest BCUT2D eigenvalue weighted by Crippen LogP contribution is -2.42. The Balaban J connectivity index is 1.68. The van der Waals surface area contributed by atoms with E-state index in [1.807, 2.05) is 0 Å². The SMILES string of the molecule is Cc1c(C(=O)N[C@H]2CCC[C@H](N)C2)nn(-c2ccc(Cl)cc2Cl)c1-c1ccc(OS(=O)(=O)CCC(F)(F)F)cc1. The monoisotopic (exact) mass is 618 g/mol. The van der Waals surface area contributed by atoms with Crippen LogP contribution in [0.2, 0.25) is 10.0 Å². The number of amides is 1. The number of nitrogens with two attached hydrogens (primary N) is 1. The molecule has 2 aromatic carbocycles. The van der Waals surface area contributed by atoms with Crippen molar-refractivity contribution in [2.24, 2.45) is 5.73 Å². The van der Waals surface area contributed by atoms with Crippen molar-refractivity contribution in [2.75, 3.05) is 5.75 Å². The maximum Gasteiger partial charge on any atom is 0.390 e. The van der Waals surface area contributed by atoms with Crippen molar-refractivity contribution in [2.45, 2.75) is 57.3 Å². The molecule has 0 aliphatic heterocycles. The van der Waals surface area contributed by atoms with Crippen molar-refractivity contribution in [3.05, 3.63) is 63.8 Å². The summed E-state index contributed by atoms with van der Waals surface area (Å²) in [5.74, 6) is -1.74. The van der Waals surface area contributed by atoms with Crippen LogP contribution in [0.5, 0.6) is 5.75 Å². The third-order valence-corrected chi connectivity index (χ3v) is 8.20. The number of carbonyl (C=O) groups excluding carboxylic acids is 1. The van der Waals surface area contributed by atoms with Crippen molar-refractivity contribution in [3.63, 3.8) is 0 Å². The topological polar surface area (TPSA) is 116 Å². The summed E-state index contributed by atoms with van der Waals surface area (Å²) in [5.41, 5.74) is 8.21. The van der Waals surface area contributed by atoms with Gasteiger partial charge in [0.25, 0.3) is 5.91 Å². The molecule has 0 radical (unpaired) electrons. The van der Waals surface area contributed by atoms with E-state index in [1.165, 1.54) is 35.0 Å². The van der Waals surface area contributed by atoms with E-state index in [4.69, 9.17) is 33.1 Å². The summed E-state index contributed by atoms with van der Waals surface area (Å²) in [7, 11) is -4.47. The number of hydrogen-bond acceptors (Lipinski definition) is 6. The zero-order valence-electron chi connectivity index (χ0n) is 21.3. The summed E-state index contributed by atoms with van der Waals surface area (Å²) in [5, 5.41) is 8.27. The first kappa shape index (κ1) is 30.2. The van der Waals surface area contributed by atoms with Gasteiger partial charge in [-0.2, -0.15) is 26.7 Å². The van der Waals surface area contributed by atoms with Crippen molar-refractivity contribution in [3.8, 4) is 22.7 Å². The Hall–Kier alpha value is -2.80. The molecule has 1 fully saturated rings. The number of nitrogens with one attached hydrogen (secondary N) is 1. The highest BCUT2D eigenvalue weighted by atomic mass is 35.5. The van der Waals surface area contributed by atoms with Crippen LogP contribution in [-0.4, -0.2) is 48.1 Å². The molecule has 1 heterocycles. The van der Waals surface area contributed by atoms with Gasteiger partial charge in [0, 0.05) is 28.2 Å². The predicted octanol–water partition coefficient (Wildman–Crippen LogP) is 5.82. The molecule has 0 bridgehead atoms. The lowest BCUT2D eigenvalue weighted by atomic mass is 9.91. The molecule has 3 N–H and O–H groups in total. The quantitative estimate of drug-likeness (QED) is 0.308. The highest BCUT2D eigenvalue weighted by Gasteiger charge is 2.31. The molecule has 8 nitrogen and oxygen atoms in total. The Labute approximate surface area is 239 Å². The lowest BCUT2D eigenvalue weighted by molar-refractivity contribution is -0.130. The van der Waals surface area contributed by atoms with E-state index in [0.717, 1.165) is 19.3 Å². The van der Waals surface area contributed by atoms with E-state index in [2.05, 4.69) is 10.4 Å². The summed E-state index contributed by atoms with van der Waals surface area (Å²) in [6, 6.07) is 10.4. The molecule has 4 rings (SSSR count). The minimum absolute atomic E-state index is 0.0131. The van der Waals surface area contributed by atoms with Gasteiger partial charge >= 0.3 is 16.3 Å². The molecule has 1 saturated carbocycles. The second kappa shape index (κ2) is 12.0. The van der Waals surface area contributed by atoms with E-state index in [0.29, 0.717) is 34.0 Å². The standard InChI is InChI=1S/C26H27Cl2F3N4O4S/c1-15-23(25(36)33-19-4-2-3-18(32)14-19)34-35(22-10-7-17(27)13-21(22)28)24(15)16-5-8-20(9-6-16)39-40(37,38)12-11-26(29,30)31/h5-10,13,18-19H,2-4,11-12,14,32H2,1H3,(H,33,36)/t18-,19-/m0/s1. The van der Waals surface area contributed by atoms with Crippen molar-refractivity contribution in [1.82, 2.24) is 15.1 Å². The van der Waals surface area contributed by atoms with Gasteiger partial charge in [0.1, 0.15) is 5.75 Å². The van der Waals surface area contributed by atoms with E-state index in [9.17, 15) is 26.4 Å². The molecule has 2 atom stereocenters. The molecule has 40 heavy (non-hydrogen) atoms. The number of halogens is 5. The highest BCUT2D eigenvalue weighted by molar-refractivity contribution is 7.87. The lowest BCUT2D eigenvalue weighted by Gasteiger charge is -2.27. The normalized spacial score (nSPS) is 18.0. The third-order valence-electron chi connectivity index (χ3n) is 6.51. The van der Waals surface area contributed by atoms with Crippen molar-refractivity contribution in [1.29, 1.82) is 0 Å². The summed E-state index contributed by atoms with van der Waals surface area (Å²) in [4.78, 5) is 13.3. The number of rotatable bonds is 8. The van der Waals surface area contributed by atoms with Crippen molar-refractivity contribution < 1.29 is 30.6 Å². The van der Waals surface area contributed by atoms with E-state index >= 15 is 0 Å². The first-order valence-electron chi connectivity index (χ1n) is 12.4. The fourth-order valence-electron chi connectivity index (χ4n) is 4.59. The first-order chi connectivity index (χ1) is 18.7. The van der Waals surface area contributed by atoms with Crippen LogP contribution < -0.4 is 15.2 Å². The zero-order valence-corrected chi connectivity index (χ0v) is 23.7. The Kier molecular flexibility index (Phi) is 9.03. The molecule has 1 amide bonds. The first-order valence-corrected chi connectivity index (χ1v) is 14.8. The zero-order chi connectivity index (χ0) is 29.2. The smallest absolute Gasteiger partial charge is 0.382 e. The molecule has 0 saturated heterocycles. The van der Waals surface area contributed by atoms with Gasteiger partial charge in [-0.3, -0.25) is 4.79 Å². The van der Waals surface area contributed by atoms with Crippen LogP contribution in [0.3, 0.4) is 0 Å². The van der Waals surface area contributed by atoms with Gasteiger partial charge in [0.2, 0.25) is 0 Å². The summed E-state index contributed by atoms with van der Waals surface area (Å²) in [6.45, 7) is 1.72. The van der Waals surface area contributed by atoms with Crippen LogP contribution in [0.25, 0.3) is 16.9 Å². The number of nitrogens with zero attached hydrogens (tertiary/aromatic N) is 2. The molecule has 1 aliphatic carbocycles. The van der Waals surface area contributed by atoms with Crippen LogP contribution >= 0.6 is 23.2 Å². The molecule has 0 unspecified atom stereocenters. The molecule has 216 valence electrons. The Bertz CT molecular complexity index is 1490. The summed E-state index contributed by atoms with van der Waals surface area (Å²) < 4.78 is 67.7. The number of alkyl halides is 3. The van der Waals surface area contributed by atoms with Gasteiger partial charge in [-0.1, -0.05) is 23.2 Å². The number of carbonyl (C=O) groups is 1. The van der Waals surface area contributed by atoms with E-state index in [1.54, 1.807) is 19.1 Å². The number of aromatic nitrogens is 2. The Morgan fingerprint density at radius 1 is 1.18 bits per heavy atom. The van der Waals surface area contributed by atoms with E-state index < -0.39 is 28.5 Å². The summed E-state index contributed by atoms with van der Waals surface area (Å²) in [6.07, 6.45) is -2.87. The van der Waals surface area contributed by atoms with Crippen LogP contribution in [0.15, 0.2) is 42.5 Å². The molecule has 14 heteroatoms. The average molecular weight is 619 g/mol. The molecule has 1 aliphatic rings.